The maximum absolute atomic E-state index is 12.5. The maximum Gasteiger partial charge on any atom is 0.263 e. The standard InChI is InChI=1S/C16H23NO2/c1-3-15(19-14-10-5-4-6-11-14)16(18)17-12-8-7-9-13(17)2/h4-6,10-11,13,15H,3,7-9,12H2,1-2H3. The summed E-state index contributed by atoms with van der Waals surface area (Å²) in [6.07, 6.45) is 3.78. The van der Waals surface area contributed by atoms with Gasteiger partial charge in [0.2, 0.25) is 0 Å². The van der Waals surface area contributed by atoms with E-state index in [-0.39, 0.29) is 12.0 Å². The number of para-hydroxylation sites is 1. The van der Waals surface area contributed by atoms with E-state index in [1.165, 1.54) is 6.42 Å². The molecule has 0 bridgehead atoms. The van der Waals surface area contributed by atoms with Crippen LogP contribution in [0.1, 0.15) is 39.5 Å². The molecule has 2 atom stereocenters. The van der Waals surface area contributed by atoms with E-state index < -0.39 is 0 Å². The predicted octanol–water partition coefficient (Wildman–Crippen LogP) is 3.25. The van der Waals surface area contributed by atoms with Crippen LogP contribution in [0.15, 0.2) is 30.3 Å². The van der Waals surface area contributed by atoms with Gasteiger partial charge in [0, 0.05) is 12.6 Å². The van der Waals surface area contributed by atoms with Gasteiger partial charge in [-0.15, -0.1) is 0 Å². The average Bonchev–Trinajstić information content (AvgIpc) is 2.46. The molecule has 2 rings (SSSR count). The topological polar surface area (TPSA) is 29.5 Å². The largest absolute Gasteiger partial charge is 0.481 e. The Hall–Kier alpha value is -1.51. The molecule has 1 aliphatic rings. The molecule has 1 saturated heterocycles. The van der Waals surface area contributed by atoms with E-state index in [0.29, 0.717) is 12.5 Å². The minimum atomic E-state index is -0.358. The molecule has 3 heteroatoms. The fourth-order valence-corrected chi connectivity index (χ4v) is 2.58. The number of likely N-dealkylation sites (tertiary alicyclic amines) is 1. The van der Waals surface area contributed by atoms with Gasteiger partial charge in [-0.2, -0.15) is 0 Å². The molecular formula is C16H23NO2. The van der Waals surface area contributed by atoms with Gasteiger partial charge < -0.3 is 9.64 Å². The summed E-state index contributed by atoms with van der Waals surface area (Å²) in [5, 5.41) is 0. The highest BCUT2D eigenvalue weighted by Crippen LogP contribution is 2.20. The highest BCUT2D eigenvalue weighted by molar-refractivity contribution is 5.81. The Kier molecular flexibility index (Phi) is 4.83. The normalized spacial score (nSPS) is 20.9. The zero-order chi connectivity index (χ0) is 13.7. The van der Waals surface area contributed by atoms with Crippen LogP contribution in [-0.2, 0) is 4.79 Å². The van der Waals surface area contributed by atoms with Crippen molar-refractivity contribution in [2.24, 2.45) is 0 Å². The fourth-order valence-electron chi connectivity index (χ4n) is 2.58. The molecule has 0 N–H and O–H groups in total. The molecule has 2 unspecified atom stereocenters. The van der Waals surface area contributed by atoms with Crippen molar-refractivity contribution in [2.45, 2.75) is 51.7 Å². The van der Waals surface area contributed by atoms with E-state index in [9.17, 15) is 4.79 Å². The number of amides is 1. The second-order valence-electron chi connectivity index (χ2n) is 5.20. The molecule has 104 valence electrons. The molecule has 0 aliphatic carbocycles. The lowest BCUT2D eigenvalue weighted by Gasteiger charge is -2.35. The minimum absolute atomic E-state index is 0.138. The van der Waals surface area contributed by atoms with Crippen LogP contribution in [0.5, 0.6) is 5.75 Å². The second-order valence-corrected chi connectivity index (χ2v) is 5.20. The van der Waals surface area contributed by atoms with Gasteiger partial charge in [0.05, 0.1) is 0 Å². The number of nitrogens with zero attached hydrogens (tertiary/aromatic N) is 1. The smallest absolute Gasteiger partial charge is 0.263 e. The van der Waals surface area contributed by atoms with Crippen LogP contribution in [0.2, 0.25) is 0 Å². The number of hydrogen-bond donors (Lipinski definition) is 0. The summed E-state index contributed by atoms with van der Waals surface area (Å²) in [5.74, 6) is 0.908. The predicted molar refractivity (Wildman–Crippen MR) is 76.2 cm³/mol. The van der Waals surface area contributed by atoms with Gasteiger partial charge in [-0.25, -0.2) is 0 Å². The summed E-state index contributed by atoms with van der Waals surface area (Å²) in [5.41, 5.74) is 0. The summed E-state index contributed by atoms with van der Waals surface area (Å²) >= 11 is 0. The number of piperidine rings is 1. The van der Waals surface area contributed by atoms with E-state index in [1.54, 1.807) is 0 Å². The molecule has 1 fully saturated rings. The third-order valence-corrected chi connectivity index (χ3v) is 3.75. The third-order valence-electron chi connectivity index (χ3n) is 3.75. The molecule has 0 spiro atoms. The summed E-state index contributed by atoms with van der Waals surface area (Å²) in [7, 11) is 0. The molecular weight excluding hydrogens is 238 g/mol. The first-order valence-corrected chi connectivity index (χ1v) is 7.24. The van der Waals surface area contributed by atoms with Gasteiger partial charge in [0.25, 0.3) is 5.91 Å². The number of carbonyl (C=O) groups is 1. The lowest BCUT2D eigenvalue weighted by atomic mass is 10.0. The van der Waals surface area contributed by atoms with Crippen molar-refractivity contribution in [1.29, 1.82) is 0 Å². The molecule has 1 aromatic carbocycles. The molecule has 19 heavy (non-hydrogen) atoms. The third kappa shape index (κ3) is 3.49. The first-order chi connectivity index (χ1) is 9.22. The van der Waals surface area contributed by atoms with Crippen molar-refractivity contribution >= 4 is 5.91 Å². The highest BCUT2D eigenvalue weighted by Gasteiger charge is 2.29. The quantitative estimate of drug-likeness (QED) is 0.832. The van der Waals surface area contributed by atoms with Crippen LogP contribution in [0, 0.1) is 0 Å². The summed E-state index contributed by atoms with van der Waals surface area (Å²) in [6.45, 7) is 5.00. The molecule has 1 heterocycles. The Morgan fingerprint density at radius 3 is 2.74 bits per heavy atom. The Balaban J connectivity index is 2.02. The number of hydrogen-bond acceptors (Lipinski definition) is 2. The van der Waals surface area contributed by atoms with Crippen LogP contribution in [0.25, 0.3) is 0 Å². The number of carbonyl (C=O) groups excluding carboxylic acids is 1. The van der Waals surface area contributed by atoms with E-state index in [1.807, 2.05) is 42.2 Å². The van der Waals surface area contributed by atoms with Gasteiger partial charge in [0.1, 0.15) is 5.75 Å². The van der Waals surface area contributed by atoms with Crippen LogP contribution in [0.4, 0.5) is 0 Å². The zero-order valence-corrected chi connectivity index (χ0v) is 11.8. The molecule has 1 aromatic rings. The van der Waals surface area contributed by atoms with Gasteiger partial charge >= 0.3 is 0 Å². The lowest BCUT2D eigenvalue weighted by Crippen LogP contribution is -2.48. The van der Waals surface area contributed by atoms with Crippen LogP contribution < -0.4 is 4.74 Å². The van der Waals surface area contributed by atoms with Crippen molar-refractivity contribution in [3.8, 4) is 5.75 Å². The number of rotatable bonds is 4. The van der Waals surface area contributed by atoms with Crippen molar-refractivity contribution < 1.29 is 9.53 Å². The van der Waals surface area contributed by atoms with Crippen LogP contribution in [0.3, 0.4) is 0 Å². The highest BCUT2D eigenvalue weighted by atomic mass is 16.5. The van der Waals surface area contributed by atoms with Crippen molar-refractivity contribution in [2.75, 3.05) is 6.54 Å². The van der Waals surface area contributed by atoms with Gasteiger partial charge in [-0.3, -0.25) is 4.79 Å². The van der Waals surface area contributed by atoms with Crippen molar-refractivity contribution in [1.82, 2.24) is 4.90 Å². The van der Waals surface area contributed by atoms with Crippen LogP contribution in [-0.4, -0.2) is 29.5 Å². The van der Waals surface area contributed by atoms with Gasteiger partial charge in [0.15, 0.2) is 6.10 Å². The summed E-state index contributed by atoms with van der Waals surface area (Å²) in [4.78, 5) is 14.5. The molecule has 3 nitrogen and oxygen atoms in total. The van der Waals surface area contributed by atoms with E-state index in [2.05, 4.69) is 6.92 Å². The van der Waals surface area contributed by atoms with E-state index in [4.69, 9.17) is 4.74 Å². The Labute approximate surface area is 115 Å². The second kappa shape index (κ2) is 6.60. The maximum atomic E-state index is 12.5. The molecule has 0 saturated carbocycles. The van der Waals surface area contributed by atoms with Gasteiger partial charge in [-0.1, -0.05) is 25.1 Å². The monoisotopic (exact) mass is 261 g/mol. The molecule has 0 aromatic heterocycles. The number of benzene rings is 1. The number of ether oxygens (including phenoxy) is 1. The van der Waals surface area contributed by atoms with E-state index in [0.717, 1.165) is 25.1 Å². The molecule has 1 amide bonds. The average molecular weight is 261 g/mol. The summed E-state index contributed by atoms with van der Waals surface area (Å²) < 4.78 is 5.84. The minimum Gasteiger partial charge on any atom is -0.481 e. The van der Waals surface area contributed by atoms with E-state index >= 15 is 0 Å². The Morgan fingerprint density at radius 2 is 2.11 bits per heavy atom. The zero-order valence-electron chi connectivity index (χ0n) is 11.8. The fraction of sp³-hybridized carbons (Fsp3) is 0.562. The molecule has 0 radical (unpaired) electrons. The Bertz CT molecular complexity index is 404. The first kappa shape index (κ1) is 13.9. The van der Waals surface area contributed by atoms with Crippen molar-refractivity contribution in [3.05, 3.63) is 30.3 Å². The van der Waals surface area contributed by atoms with Gasteiger partial charge in [-0.05, 0) is 44.7 Å². The lowest BCUT2D eigenvalue weighted by molar-refractivity contribution is -0.142. The van der Waals surface area contributed by atoms with Crippen LogP contribution >= 0.6 is 0 Å². The molecule has 1 aliphatic heterocycles. The Morgan fingerprint density at radius 1 is 1.37 bits per heavy atom. The summed E-state index contributed by atoms with van der Waals surface area (Å²) in [6, 6.07) is 9.94. The van der Waals surface area contributed by atoms with Crippen molar-refractivity contribution in [3.63, 3.8) is 0 Å². The SMILES string of the molecule is CCC(Oc1ccccc1)C(=O)N1CCCCC1C. The first-order valence-electron chi connectivity index (χ1n) is 7.24.